The molecule has 0 amide bonds. The van der Waals surface area contributed by atoms with Gasteiger partial charge < -0.3 is 0 Å². The average molecular weight is 272 g/mol. The van der Waals surface area contributed by atoms with Crippen LogP contribution in [0.15, 0.2) is 42.7 Å². The third kappa shape index (κ3) is 2.32. The topological polar surface area (TPSA) is 56.5 Å². The average Bonchev–Trinajstić information content (AvgIpc) is 2.83. The molecule has 2 heterocycles. The molecule has 0 N–H and O–H groups in total. The first-order valence-corrected chi connectivity index (χ1v) is 6.09. The second kappa shape index (κ2) is 4.78. The zero-order chi connectivity index (χ0) is 13.2. The van der Waals surface area contributed by atoms with Crippen molar-refractivity contribution in [3.05, 3.63) is 53.6 Å². The molecule has 19 heavy (non-hydrogen) atoms. The van der Waals surface area contributed by atoms with E-state index in [2.05, 4.69) is 20.1 Å². The minimum atomic E-state index is 0.169. The molecule has 0 atom stereocenters. The molecule has 0 bridgehead atoms. The van der Waals surface area contributed by atoms with Gasteiger partial charge in [-0.1, -0.05) is 29.8 Å². The lowest BCUT2D eigenvalue weighted by atomic mass is 10.1. The van der Waals surface area contributed by atoms with Gasteiger partial charge >= 0.3 is 0 Å². The van der Waals surface area contributed by atoms with Gasteiger partial charge in [0.05, 0.1) is 0 Å². The van der Waals surface area contributed by atoms with Crippen molar-refractivity contribution in [2.75, 3.05) is 0 Å². The predicted molar refractivity (Wildman–Crippen MR) is 72.1 cm³/mol. The lowest BCUT2D eigenvalue weighted by molar-refractivity contribution is 0.814. The Morgan fingerprint density at radius 1 is 1.05 bits per heavy atom. The predicted octanol–water partition coefficient (Wildman–Crippen LogP) is 2.69. The van der Waals surface area contributed by atoms with E-state index < -0.39 is 0 Å². The lowest BCUT2D eigenvalue weighted by Crippen LogP contribution is -2.04. The normalized spacial score (nSPS) is 10.6. The number of hydrogen-bond donors (Lipinski definition) is 0. The van der Waals surface area contributed by atoms with Gasteiger partial charge in [0.1, 0.15) is 0 Å². The summed E-state index contributed by atoms with van der Waals surface area (Å²) in [7, 11) is 0. The molecule has 0 saturated carbocycles. The van der Waals surface area contributed by atoms with Crippen LogP contribution in [-0.4, -0.2) is 24.7 Å². The monoisotopic (exact) mass is 271 g/mol. The van der Waals surface area contributed by atoms with Crippen LogP contribution in [-0.2, 0) is 0 Å². The van der Waals surface area contributed by atoms with Gasteiger partial charge in [-0.3, -0.25) is 0 Å². The van der Waals surface area contributed by atoms with Gasteiger partial charge in [0.2, 0.25) is 5.28 Å². The van der Waals surface area contributed by atoms with Crippen LogP contribution in [0.5, 0.6) is 0 Å². The fourth-order valence-electron chi connectivity index (χ4n) is 1.72. The maximum Gasteiger partial charge on any atom is 0.252 e. The van der Waals surface area contributed by atoms with Crippen LogP contribution in [0.1, 0.15) is 5.56 Å². The zero-order valence-electron chi connectivity index (χ0n) is 10.2. The zero-order valence-corrected chi connectivity index (χ0v) is 10.9. The molecule has 0 aliphatic rings. The Kier molecular flexibility index (Phi) is 2.97. The minimum absolute atomic E-state index is 0.169. The van der Waals surface area contributed by atoms with Crippen molar-refractivity contribution in [3.63, 3.8) is 0 Å². The van der Waals surface area contributed by atoms with E-state index in [0.29, 0.717) is 11.8 Å². The van der Waals surface area contributed by atoms with Crippen LogP contribution in [0, 0.1) is 6.92 Å². The summed E-state index contributed by atoms with van der Waals surface area (Å²) in [6.45, 7) is 2.03. The Morgan fingerprint density at radius 2 is 1.74 bits per heavy atom. The molecule has 6 heteroatoms. The standard InChI is InChI=1S/C13H10ClN5/c1-9-3-5-10(6-4-9)11-17-12(14)18-19(11)13-15-7-2-8-16-13/h2-8H,1H3. The molecule has 0 saturated heterocycles. The van der Waals surface area contributed by atoms with Gasteiger partial charge in [0.25, 0.3) is 5.95 Å². The highest BCUT2D eigenvalue weighted by molar-refractivity contribution is 6.28. The molecule has 0 fully saturated rings. The van der Waals surface area contributed by atoms with Crippen molar-refractivity contribution in [3.8, 4) is 17.3 Å². The molecule has 3 aromatic rings. The van der Waals surface area contributed by atoms with E-state index in [-0.39, 0.29) is 5.28 Å². The first-order chi connectivity index (χ1) is 9.24. The number of aryl methyl sites for hydroxylation is 1. The van der Waals surface area contributed by atoms with Crippen LogP contribution >= 0.6 is 11.6 Å². The summed E-state index contributed by atoms with van der Waals surface area (Å²) < 4.78 is 1.53. The van der Waals surface area contributed by atoms with E-state index in [1.54, 1.807) is 18.5 Å². The molecule has 5 nitrogen and oxygen atoms in total. The number of nitrogens with zero attached hydrogens (tertiary/aromatic N) is 5. The lowest BCUT2D eigenvalue weighted by Gasteiger charge is -2.03. The fourth-order valence-corrected chi connectivity index (χ4v) is 1.87. The van der Waals surface area contributed by atoms with Gasteiger partial charge in [-0.05, 0) is 24.6 Å². The van der Waals surface area contributed by atoms with Gasteiger partial charge in [0, 0.05) is 18.0 Å². The van der Waals surface area contributed by atoms with E-state index in [9.17, 15) is 0 Å². The summed E-state index contributed by atoms with van der Waals surface area (Å²) >= 11 is 5.90. The third-order valence-electron chi connectivity index (χ3n) is 2.63. The largest absolute Gasteiger partial charge is 0.252 e. The van der Waals surface area contributed by atoms with E-state index in [4.69, 9.17) is 11.6 Å². The number of benzene rings is 1. The number of hydrogen-bond acceptors (Lipinski definition) is 4. The quantitative estimate of drug-likeness (QED) is 0.719. The van der Waals surface area contributed by atoms with Crippen LogP contribution < -0.4 is 0 Å². The highest BCUT2D eigenvalue weighted by Crippen LogP contribution is 2.21. The maximum absolute atomic E-state index is 5.90. The van der Waals surface area contributed by atoms with Crippen molar-refractivity contribution in [1.29, 1.82) is 0 Å². The molecular weight excluding hydrogens is 262 g/mol. The number of rotatable bonds is 2. The summed E-state index contributed by atoms with van der Waals surface area (Å²) in [5.74, 6) is 1.06. The van der Waals surface area contributed by atoms with Crippen molar-refractivity contribution in [1.82, 2.24) is 24.7 Å². The molecule has 1 aromatic carbocycles. The van der Waals surface area contributed by atoms with Crippen LogP contribution in [0.4, 0.5) is 0 Å². The molecule has 94 valence electrons. The van der Waals surface area contributed by atoms with Gasteiger partial charge in [-0.2, -0.15) is 9.67 Å². The first-order valence-electron chi connectivity index (χ1n) is 5.71. The number of halogens is 1. The highest BCUT2D eigenvalue weighted by atomic mass is 35.5. The van der Waals surface area contributed by atoms with Crippen molar-refractivity contribution in [2.24, 2.45) is 0 Å². The molecule has 2 aromatic heterocycles. The molecule has 0 unspecified atom stereocenters. The van der Waals surface area contributed by atoms with Crippen molar-refractivity contribution in [2.45, 2.75) is 6.92 Å². The Hall–Kier alpha value is -2.27. The molecule has 0 aliphatic heterocycles. The fraction of sp³-hybridized carbons (Fsp3) is 0.0769. The van der Waals surface area contributed by atoms with Gasteiger partial charge in [-0.15, -0.1) is 5.10 Å². The summed E-state index contributed by atoms with van der Waals surface area (Å²) in [5, 5.41) is 4.30. The third-order valence-corrected chi connectivity index (χ3v) is 2.79. The van der Waals surface area contributed by atoms with Gasteiger partial charge in [0.15, 0.2) is 5.82 Å². The molecular formula is C13H10ClN5. The minimum Gasteiger partial charge on any atom is -0.220 e. The molecule has 0 radical (unpaired) electrons. The smallest absolute Gasteiger partial charge is 0.220 e. The van der Waals surface area contributed by atoms with E-state index in [1.165, 1.54) is 10.2 Å². The van der Waals surface area contributed by atoms with E-state index >= 15 is 0 Å². The van der Waals surface area contributed by atoms with Crippen LogP contribution in [0.2, 0.25) is 5.28 Å². The summed E-state index contributed by atoms with van der Waals surface area (Å²) in [6.07, 6.45) is 3.30. The van der Waals surface area contributed by atoms with Crippen LogP contribution in [0.3, 0.4) is 0 Å². The van der Waals surface area contributed by atoms with Gasteiger partial charge in [-0.25, -0.2) is 9.97 Å². The van der Waals surface area contributed by atoms with E-state index in [0.717, 1.165) is 5.56 Å². The second-order valence-electron chi connectivity index (χ2n) is 4.03. The van der Waals surface area contributed by atoms with Crippen LogP contribution in [0.25, 0.3) is 17.3 Å². The molecule has 0 spiro atoms. The number of aromatic nitrogens is 5. The summed E-state index contributed by atoms with van der Waals surface area (Å²) in [5.41, 5.74) is 2.09. The Bertz CT molecular complexity index is 691. The van der Waals surface area contributed by atoms with Crippen molar-refractivity contribution < 1.29 is 0 Å². The Labute approximate surface area is 114 Å². The summed E-state index contributed by atoms with van der Waals surface area (Å²) in [6, 6.07) is 9.69. The molecule has 3 rings (SSSR count). The van der Waals surface area contributed by atoms with Crippen molar-refractivity contribution >= 4 is 11.6 Å². The molecule has 0 aliphatic carbocycles. The van der Waals surface area contributed by atoms with E-state index in [1.807, 2.05) is 31.2 Å². The Morgan fingerprint density at radius 3 is 2.42 bits per heavy atom. The SMILES string of the molecule is Cc1ccc(-c2nc(Cl)nn2-c2ncccn2)cc1. The second-order valence-corrected chi connectivity index (χ2v) is 4.37. The first kappa shape index (κ1) is 11.8. The Balaban J connectivity index is 2.15. The summed E-state index contributed by atoms with van der Waals surface area (Å²) in [4.78, 5) is 12.5. The highest BCUT2D eigenvalue weighted by Gasteiger charge is 2.13. The maximum atomic E-state index is 5.90.